The lowest BCUT2D eigenvalue weighted by atomic mass is 10.1. The fraction of sp³-hybridized carbons (Fsp3) is 0.235. The zero-order valence-electron chi connectivity index (χ0n) is 13.2. The van der Waals surface area contributed by atoms with Crippen LogP contribution in [0.1, 0.15) is 18.1 Å². The molecule has 0 aliphatic heterocycles. The zero-order chi connectivity index (χ0) is 16.9. The molecule has 0 aliphatic rings. The van der Waals surface area contributed by atoms with Crippen LogP contribution in [-0.2, 0) is 12.2 Å². The Labute approximate surface area is 147 Å². The molecular weight excluding hydrogens is 342 g/mol. The molecule has 1 N–H and O–H groups in total. The van der Waals surface area contributed by atoms with Gasteiger partial charge in [0.25, 0.3) is 0 Å². The summed E-state index contributed by atoms with van der Waals surface area (Å²) in [5.74, 6) is 0.643. The number of aryl methyl sites for hydroxylation is 1. The van der Waals surface area contributed by atoms with Crippen LogP contribution in [0.15, 0.2) is 50.5 Å². The molecule has 0 radical (unpaired) electrons. The van der Waals surface area contributed by atoms with E-state index in [1.807, 2.05) is 12.1 Å². The predicted molar refractivity (Wildman–Crippen MR) is 100 cm³/mol. The molecule has 124 valence electrons. The second-order valence-electron chi connectivity index (χ2n) is 5.11. The van der Waals surface area contributed by atoms with Crippen LogP contribution >= 0.6 is 23.1 Å². The molecule has 0 saturated heterocycles. The molecule has 0 unspecified atom stereocenters. The lowest BCUT2D eigenvalue weighted by molar-refractivity contribution is 0.559. The number of rotatable bonds is 7. The maximum absolute atomic E-state index is 11.8. The summed E-state index contributed by atoms with van der Waals surface area (Å²) in [5.41, 5.74) is 2.42. The SMILES string of the molecule is C=CCNc1nnc(SCc2cc(=O)oc3cc(CC)ccc23)s1. The highest BCUT2D eigenvalue weighted by molar-refractivity contribution is 8.00. The number of hydrogen-bond donors (Lipinski definition) is 1. The second kappa shape index (κ2) is 7.63. The highest BCUT2D eigenvalue weighted by Crippen LogP contribution is 2.30. The van der Waals surface area contributed by atoms with Crippen molar-refractivity contribution in [3.63, 3.8) is 0 Å². The number of fused-ring (bicyclic) bond motifs is 1. The molecule has 1 aromatic carbocycles. The summed E-state index contributed by atoms with van der Waals surface area (Å²) in [6, 6.07) is 7.58. The molecule has 0 fully saturated rings. The van der Waals surface area contributed by atoms with E-state index in [1.165, 1.54) is 11.3 Å². The standard InChI is InChI=1S/C17H17N3O2S2/c1-3-7-18-16-19-20-17(24-16)23-10-12-9-15(21)22-14-8-11(4-2)5-6-13(12)14/h3,5-6,8-9H,1,4,7,10H2,2H3,(H,18,19). The van der Waals surface area contributed by atoms with Crippen LogP contribution in [0.25, 0.3) is 11.0 Å². The van der Waals surface area contributed by atoms with Gasteiger partial charge in [-0.3, -0.25) is 0 Å². The van der Waals surface area contributed by atoms with Gasteiger partial charge in [0.15, 0.2) is 4.34 Å². The molecule has 0 aliphatic carbocycles. The molecule has 0 spiro atoms. The van der Waals surface area contributed by atoms with Gasteiger partial charge in [0.1, 0.15) is 5.58 Å². The first kappa shape index (κ1) is 16.7. The molecule has 0 amide bonds. The minimum absolute atomic E-state index is 0.322. The van der Waals surface area contributed by atoms with Gasteiger partial charge in [-0.05, 0) is 23.6 Å². The lowest BCUT2D eigenvalue weighted by Gasteiger charge is -2.05. The van der Waals surface area contributed by atoms with Crippen LogP contribution in [0.2, 0.25) is 0 Å². The largest absolute Gasteiger partial charge is 0.423 e. The van der Waals surface area contributed by atoms with Crippen LogP contribution in [0.4, 0.5) is 5.13 Å². The molecule has 24 heavy (non-hydrogen) atoms. The van der Waals surface area contributed by atoms with E-state index in [2.05, 4.69) is 35.1 Å². The molecule has 7 heteroatoms. The number of benzene rings is 1. The van der Waals surface area contributed by atoms with Gasteiger partial charge in [0, 0.05) is 23.8 Å². The van der Waals surface area contributed by atoms with Crippen LogP contribution in [-0.4, -0.2) is 16.7 Å². The highest BCUT2D eigenvalue weighted by atomic mass is 32.2. The summed E-state index contributed by atoms with van der Waals surface area (Å²) in [5, 5.41) is 13.1. The average molecular weight is 359 g/mol. The maximum atomic E-state index is 11.8. The quantitative estimate of drug-likeness (QED) is 0.389. The first-order valence-corrected chi connectivity index (χ1v) is 9.36. The van der Waals surface area contributed by atoms with Crippen molar-refractivity contribution in [2.24, 2.45) is 0 Å². The smallest absolute Gasteiger partial charge is 0.336 e. The van der Waals surface area contributed by atoms with Crippen molar-refractivity contribution in [1.29, 1.82) is 0 Å². The molecule has 3 aromatic rings. The van der Waals surface area contributed by atoms with E-state index in [4.69, 9.17) is 4.42 Å². The Morgan fingerprint density at radius 2 is 2.25 bits per heavy atom. The van der Waals surface area contributed by atoms with E-state index < -0.39 is 0 Å². The van der Waals surface area contributed by atoms with Crippen molar-refractivity contribution < 1.29 is 4.42 Å². The summed E-state index contributed by atoms with van der Waals surface area (Å²) in [7, 11) is 0. The molecule has 2 heterocycles. The summed E-state index contributed by atoms with van der Waals surface area (Å²) < 4.78 is 6.19. The lowest BCUT2D eigenvalue weighted by Crippen LogP contribution is -2.00. The van der Waals surface area contributed by atoms with Crippen LogP contribution in [0.3, 0.4) is 0 Å². The molecular formula is C17H17N3O2S2. The van der Waals surface area contributed by atoms with E-state index in [0.717, 1.165) is 32.4 Å². The number of hydrogen-bond acceptors (Lipinski definition) is 7. The van der Waals surface area contributed by atoms with Crippen LogP contribution < -0.4 is 10.9 Å². The minimum atomic E-state index is -0.322. The first-order chi connectivity index (χ1) is 11.7. The molecule has 0 saturated carbocycles. The van der Waals surface area contributed by atoms with E-state index in [0.29, 0.717) is 17.9 Å². The van der Waals surface area contributed by atoms with E-state index in [-0.39, 0.29) is 5.63 Å². The van der Waals surface area contributed by atoms with Gasteiger partial charge in [0.2, 0.25) is 5.13 Å². The van der Waals surface area contributed by atoms with Gasteiger partial charge in [-0.25, -0.2) is 4.79 Å². The van der Waals surface area contributed by atoms with Crippen molar-refractivity contribution in [3.05, 3.63) is 58.5 Å². The average Bonchev–Trinajstić information content (AvgIpc) is 3.04. The van der Waals surface area contributed by atoms with Crippen molar-refractivity contribution in [1.82, 2.24) is 10.2 Å². The van der Waals surface area contributed by atoms with Gasteiger partial charge < -0.3 is 9.73 Å². The van der Waals surface area contributed by atoms with E-state index in [9.17, 15) is 4.79 Å². The fourth-order valence-electron chi connectivity index (χ4n) is 2.25. The minimum Gasteiger partial charge on any atom is -0.423 e. The van der Waals surface area contributed by atoms with Gasteiger partial charge in [-0.2, -0.15) is 0 Å². The fourth-order valence-corrected chi connectivity index (χ4v) is 4.00. The monoisotopic (exact) mass is 359 g/mol. The summed E-state index contributed by atoms with van der Waals surface area (Å²) in [6.45, 7) is 6.39. The van der Waals surface area contributed by atoms with Gasteiger partial charge in [-0.1, -0.05) is 48.2 Å². The molecule has 0 bridgehead atoms. The summed E-state index contributed by atoms with van der Waals surface area (Å²) in [6.07, 6.45) is 2.68. The van der Waals surface area contributed by atoms with Crippen molar-refractivity contribution in [2.45, 2.75) is 23.4 Å². The Morgan fingerprint density at radius 1 is 1.38 bits per heavy atom. The van der Waals surface area contributed by atoms with E-state index >= 15 is 0 Å². The summed E-state index contributed by atoms with van der Waals surface area (Å²) in [4.78, 5) is 11.8. The van der Waals surface area contributed by atoms with Crippen LogP contribution in [0.5, 0.6) is 0 Å². The van der Waals surface area contributed by atoms with Gasteiger partial charge in [0.05, 0.1) is 0 Å². The topological polar surface area (TPSA) is 68.0 Å². The molecule has 0 atom stereocenters. The van der Waals surface area contributed by atoms with Crippen molar-refractivity contribution in [2.75, 3.05) is 11.9 Å². The first-order valence-electron chi connectivity index (χ1n) is 7.56. The van der Waals surface area contributed by atoms with Gasteiger partial charge in [-0.15, -0.1) is 16.8 Å². The summed E-state index contributed by atoms with van der Waals surface area (Å²) >= 11 is 3.05. The van der Waals surface area contributed by atoms with Crippen molar-refractivity contribution >= 4 is 39.2 Å². The third kappa shape index (κ3) is 3.85. The third-order valence-electron chi connectivity index (χ3n) is 3.46. The molecule has 3 rings (SSSR count). The van der Waals surface area contributed by atoms with Crippen LogP contribution in [0, 0.1) is 0 Å². The maximum Gasteiger partial charge on any atom is 0.336 e. The van der Waals surface area contributed by atoms with Crippen molar-refractivity contribution in [3.8, 4) is 0 Å². The molecule has 5 nitrogen and oxygen atoms in total. The number of thioether (sulfide) groups is 1. The normalized spacial score (nSPS) is 10.9. The Balaban J connectivity index is 1.80. The Morgan fingerprint density at radius 3 is 3.04 bits per heavy atom. The Kier molecular flexibility index (Phi) is 5.32. The zero-order valence-corrected chi connectivity index (χ0v) is 14.9. The second-order valence-corrected chi connectivity index (χ2v) is 7.31. The Hall–Kier alpha value is -2.12. The number of nitrogens with one attached hydrogen (secondary N) is 1. The highest BCUT2D eigenvalue weighted by Gasteiger charge is 2.09. The predicted octanol–water partition coefficient (Wildman–Crippen LogP) is 4.10. The van der Waals surface area contributed by atoms with Gasteiger partial charge >= 0.3 is 5.63 Å². The Bertz CT molecular complexity index is 918. The molecule has 2 aromatic heterocycles. The number of nitrogens with zero attached hydrogens (tertiary/aromatic N) is 2. The number of aromatic nitrogens is 2. The third-order valence-corrected chi connectivity index (χ3v) is 5.52. The number of anilines is 1. The van der Waals surface area contributed by atoms with E-state index in [1.54, 1.807) is 23.9 Å².